The number of carboxylic acid groups (broad SMARTS) is 1. The SMILES string of the molecule is C=C(C)[C@@H]1CC[C@]2(CC(=O)N3CCN(Cc4ccccn4)CC3)CC[C@]3(C)[C@H](CC[C@@H]4[C@@]5(C)CC[C@H](OC(=O)CC(C)(C)CC(=O)O)C(C)(C)[C@@H]5CC[C@]43C)[C@@H]12. The maximum Gasteiger partial charge on any atom is 0.306 e. The lowest BCUT2D eigenvalue weighted by Crippen LogP contribution is -2.67. The van der Waals surface area contributed by atoms with E-state index in [1.54, 1.807) is 0 Å². The van der Waals surface area contributed by atoms with Crippen LogP contribution in [0.2, 0.25) is 0 Å². The fraction of sp³-hybridized carbons (Fsp3) is 0.792. The minimum atomic E-state index is -0.882. The predicted octanol–water partition coefficient (Wildman–Crippen LogP) is 9.58. The van der Waals surface area contributed by atoms with Crippen molar-refractivity contribution < 1.29 is 24.2 Å². The highest BCUT2D eigenvalue weighted by Crippen LogP contribution is 2.78. The Labute approximate surface area is 338 Å². The number of carbonyl (C=O) groups excluding carboxylic acids is 2. The van der Waals surface area contributed by atoms with Crippen LogP contribution >= 0.6 is 0 Å². The van der Waals surface area contributed by atoms with Crippen molar-refractivity contribution in [2.75, 3.05) is 26.2 Å². The van der Waals surface area contributed by atoms with Gasteiger partial charge in [-0.1, -0.05) is 66.7 Å². The fourth-order valence-corrected chi connectivity index (χ4v) is 15.1. The number of carboxylic acids is 1. The van der Waals surface area contributed by atoms with Crippen molar-refractivity contribution in [2.45, 2.75) is 152 Å². The quantitative estimate of drug-likeness (QED) is 0.187. The molecule has 1 amide bonds. The normalized spacial score (nSPS) is 39.4. The first-order valence-electron chi connectivity index (χ1n) is 22.2. The van der Waals surface area contributed by atoms with Gasteiger partial charge < -0.3 is 14.7 Å². The molecule has 0 unspecified atom stereocenters. The number of piperazine rings is 1. The lowest BCUT2D eigenvalue weighted by Gasteiger charge is -2.73. The molecule has 1 N–H and O–H groups in total. The summed E-state index contributed by atoms with van der Waals surface area (Å²) in [6, 6.07) is 6.10. The van der Waals surface area contributed by atoms with Gasteiger partial charge in [-0.15, -0.1) is 0 Å². The number of fused-ring (bicyclic) bond motifs is 7. The van der Waals surface area contributed by atoms with Gasteiger partial charge in [0, 0.05) is 50.8 Å². The van der Waals surface area contributed by atoms with Gasteiger partial charge in [0.2, 0.25) is 5.91 Å². The van der Waals surface area contributed by atoms with Gasteiger partial charge in [-0.2, -0.15) is 0 Å². The average Bonchev–Trinajstić information content (AvgIpc) is 3.49. The van der Waals surface area contributed by atoms with E-state index in [9.17, 15) is 19.5 Å². The zero-order chi connectivity index (χ0) is 40.5. The highest BCUT2D eigenvalue weighted by Gasteiger charge is 2.71. The number of esters is 1. The Morgan fingerprint density at radius 1 is 0.875 bits per heavy atom. The van der Waals surface area contributed by atoms with Gasteiger partial charge in [-0.3, -0.25) is 24.3 Å². The zero-order valence-electron chi connectivity index (χ0n) is 36.1. The Balaban J connectivity index is 1.06. The molecule has 2 heterocycles. The van der Waals surface area contributed by atoms with Crippen LogP contribution < -0.4 is 0 Å². The van der Waals surface area contributed by atoms with Crippen LogP contribution in [0, 0.1) is 62.1 Å². The van der Waals surface area contributed by atoms with Crippen LogP contribution in [0.1, 0.15) is 145 Å². The van der Waals surface area contributed by atoms with Crippen LogP contribution in [0.4, 0.5) is 0 Å². The summed E-state index contributed by atoms with van der Waals surface area (Å²) in [6.07, 6.45) is 13.8. The molecule has 1 aliphatic heterocycles. The van der Waals surface area contributed by atoms with Crippen LogP contribution in [-0.2, 0) is 25.7 Å². The molecule has 56 heavy (non-hydrogen) atoms. The average molecular weight is 772 g/mol. The first kappa shape index (κ1) is 41.4. The molecular weight excluding hydrogens is 699 g/mol. The first-order chi connectivity index (χ1) is 26.2. The summed E-state index contributed by atoms with van der Waals surface area (Å²) in [5, 5.41) is 9.38. The van der Waals surface area contributed by atoms with E-state index < -0.39 is 11.4 Å². The second-order valence-corrected chi connectivity index (χ2v) is 22.0. The van der Waals surface area contributed by atoms with E-state index in [0.717, 1.165) is 70.5 Å². The predicted molar refractivity (Wildman–Crippen MR) is 220 cm³/mol. The highest BCUT2D eigenvalue weighted by molar-refractivity contribution is 5.77. The van der Waals surface area contributed by atoms with Gasteiger partial charge in [0.05, 0.1) is 18.5 Å². The molecular formula is C48H73N3O5. The number of ether oxygens (including phenoxy) is 1. The van der Waals surface area contributed by atoms with Crippen molar-refractivity contribution in [2.24, 2.45) is 62.1 Å². The number of pyridine rings is 1. The van der Waals surface area contributed by atoms with E-state index in [-0.39, 0.29) is 52.0 Å². The Bertz CT molecular complexity index is 1670. The molecule has 1 saturated heterocycles. The molecule has 1 aromatic heterocycles. The van der Waals surface area contributed by atoms with Crippen molar-refractivity contribution in [3.63, 3.8) is 0 Å². The summed E-state index contributed by atoms with van der Waals surface area (Å²) in [5.74, 6) is 1.86. The number of amides is 1. The number of allylic oxidation sites excluding steroid dienone is 1. The van der Waals surface area contributed by atoms with Gasteiger partial charge in [0.25, 0.3) is 0 Å². The molecule has 6 aliphatic rings. The third kappa shape index (κ3) is 7.08. The molecule has 0 aromatic carbocycles. The number of aromatic nitrogens is 1. The number of aliphatic carboxylic acids is 1. The third-order valence-corrected chi connectivity index (χ3v) is 18.0. The number of carbonyl (C=O) groups is 3. The largest absolute Gasteiger partial charge is 0.481 e. The van der Waals surface area contributed by atoms with Gasteiger partial charge in [-0.25, -0.2) is 0 Å². The topological polar surface area (TPSA) is 100 Å². The third-order valence-electron chi connectivity index (χ3n) is 18.0. The molecule has 0 radical (unpaired) electrons. The van der Waals surface area contributed by atoms with E-state index in [1.807, 2.05) is 26.1 Å². The lowest BCUT2D eigenvalue weighted by molar-refractivity contribution is -0.250. The maximum absolute atomic E-state index is 14.4. The maximum atomic E-state index is 14.4. The van der Waals surface area contributed by atoms with Gasteiger partial charge in [0.1, 0.15) is 6.10 Å². The summed E-state index contributed by atoms with van der Waals surface area (Å²) >= 11 is 0. The first-order valence-corrected chi connectivity index (χ1v) is 22.2. The molecule has 8 nitrogen and oxygen atoms in total. The Hall–Kier alpha value is -2.74. The standard InChI is InChI=1S/C48H73N3O5/c1-32(2)34-15-20-48(28-39(52)51-26-24-50(25-27-51)31-33-12-10-11-23-49-33)22-21-46(8)35(42(34)48)13-14-37-45(7)18-17-38(44(5,6)36(45)16-19-47(37,46)9)56-41(55)30-43(3,4)29-40(53)54/h10-12,23,34-38,42H,1,13-22,24-31H2,2-9H3,(H,53,54)/t34-,35+,36-,37+,38-,42+,45-,46+,47+,48+/m0/s1. The minimum absolute atomic E-state index is 0.0482. The summed E-state index contributed by atoms with van der Waals surface area (Å²) in [7, 11) is 0. The number of rotatable bonds is 10. The molecule has 10 atom stereocenters. The molecule has 1 aromatic rings. The molecule has 5 aliphatic carbocycles. The molecule has 0 spiro atoms. The van der Waals surface area contributed by atoms with E-state index in [1.165, 1.54) is 37.7 Å². The van der Waals surface area contributed by atoms with Gasteiger partial charge in [-0.05, 0) is 140 Å². The Morgan fingerprint density at radius 2 is 1.61 bits per heavy atom. The molecule has 310 valence electrons. The summed E-state index contributed by atoms with van der Waals surface area (Å²) in [5.41, 5.74) is 2.21. The summed E-state index contributed by atoms with van der Waals surface area (Å²) < 4.78 is 6.31. The minimum Gasteiger partial charge on any atom is -0.481 e. The van der Waals surface area contributed by atoms with Crippen molar-refractivity contribution >= 4 is 17.8 Å². The van der Waals surface area contributed by atoms with Crippen molar-refractivity contribution in [3.8, 4) is 0 Å². The van der Waals surface area contributed by atoms with Crippen LogP contribution in [0.3, 0.4) is 0 Å². The Kier molecular flexibility index (Phi) is 11.0. The molecule has 7 rings (SSSR count). The fourth-order valence-electron chi connectivity index (χ4n) is 15.1. The Morgan fingerprint density at radius 3 is 2.27 bits per heavy atom. The summed E-state index contributed by atoms with van der Waals surface area (Å²) in [4.78, 5) is 48.2. The van der Waals surface area contributed by atoms with Crippen LogP contribution in [0.5, 0.6) is 0 Å². The highest BCUT2D eigenvalue weighted by atomic mass is 16.5. The molecule has 6 fully saturated rings. The van der Waals surface area contributed by atoms with Crippen molar-refractivity contribution in [3.05, 3.63) is 42.2 Å². The number of hydrogen-bond donors (Lipinski definition) is 1. The molecule has 8 heteroatoms. The smallest absolute Gasteiger partial charge is 0.306 e. The monoisotopic (exact) mass is 772 g/mol. The van der Waals surface area contributed by atoms with E-state index in [2.05, 4.69) is 75.0 Å². The van der Waals surface area contributed by atoms with E-state index >= 15 is 0 Å². The van der Waals surface area contributed by atoms with Crippen LogP contribution in [-0.4, -0.2) is 70.0 Å². The molecule has 5 saturated carbocycles. The van der Waals surface area contributed by atoms with Crippen molar-refractivity contribution in [1.29, 1.82) is 0 Å². The number of nitrogens with zero attached hydrogens (tertiary/aromatic N) is 3. The molecule has 0 bridgehead atoms. The zero-order valence-corrected chi connectivity index (χ0v) is 36.1. The van der Waals surface area contributed by atoms with Crippen molar-refractivity contribution in [1.82, 2.24) is 14.8 Å². The van der Waals surface area contributed by atoms with Crippen LogP contribution in [0.25, 0.3) is 0 Å². The summed E-state index contributed by atoms with van der Waals surface area (Å²) in [6.45, 7) is 27.4. The lowest BCUT2D eigenvalue weighted by atomic mass is 9.32. The second kappa shape index (κ2) is 14.8. The van der Waals surface area contributed by atoms with Crippen LogP contribution in [0.15, 0.2) is 36.5 Å². The van der Waals surface area contributed by atoms with E-state index in [0.29, 0.717) is 41.9 Å². The van der Waals surface area contributed by atoms with E-state index in [4.69, 9.17) is 4.74 Å². The number of hydrogen-bond acceptors (Lipinski definition) is 6. The van der Waals surface area contributed by atoms with Gasteiger partial charge in [0.15, 0.2) is 0 Å². The second-order valence-electron chi connectivity index (χ2n) is 22.0. The van der Waals surface area contributed by atoms with Gasteiger partial charge >= 0.3 is 11.9 Å².